The molecule has 0 saturated carbocycles. The second-order valence-electron chi connectivity index (χ2n) is 9.51. The summed E-state index contributed by atoms with van der Waals surface area (Å²) in [7, 11) is -2.07. The van der Waals surface area contributed by atoms with Crippen molar-refractivity contribution >= 4 is 29.4 Å². The maximum Gasteiger partial charge on any atom is 0.115 e. The Morgan fingerprint density at radius 1 is 0.735 bits per heavy atom. The standard InChI is InChI=1S/C32H31NSi/c1-25-14-10-11-19-28(25)31(23-22-26-15-6-4-7-16-26)34(2,3)32-24-33(27-17-8-5-9-18-27)30-21-13-12-20-29(30)32/h4-21,23-24H,22H2,1-3H3/b31-23+. The highest BCUT2D eigenvalue weighted by Gasteiger charge is 2.33. The van der Waals surface area contributed by atoms with Gasteiger partial charge in [-0.25, -0.2) is 0 Å². The van der Waals surface area contributed by atoms with E-state index in [1.54, 1.807) is 0 Å². The lowest BCUT2D eigenvalue weighted by Gasteiger charge is -2.28. The highest BCUT2D eigenvalue weighted by Crippen LogP contribution is 2.32. The van der Waals surface area contributed by atoms with E-state index in [1.165, 1.54) is 43.7 Å². The van der Waals surface area contributed by atoms with Crippen LogP contribution in [-0.2, 0) is 6.42 Å². The first-order valence-corrected chi connectivity index (χ1v) is 15.0. The molecule has 0 radical (unpaired) electrons. The van der Waals surface area contributed by atoms with E-state index in [-0.39, 0.29) is 0 Å². The van der Waals surface area contributed by atoms with Gasteiger partial charge in [0.25, 0.3) is 0 Å². The molecule has 0 N–H and O–H groups in total. The van der Waals surface area contributed by atoms with Gasteiger partial charge in [0, 0.05) is 11.9 Å². The number of benzene rings is 4. The molecule has 5 aromatic rings. The summed E-state index contributed by atoms with van der Waals surface area (Å²) in [6.07, 6.45) is 5.84. The average Bonchev–Trinajstić information content (AvgIpc) is 3.27. The fourth-order valence-electron chi connectivity index (χ4n) is 5.04. The molecule has 0 aliphatic carbocycles. The molecule has 1 heterocycles. The van der Waals surface area contributed by atoms with Crippen LogP contribution in [0.4, 0.5) is 0 Å². The number of allylic oxidation sites excluding steroid dienone is 1. The molecule has 4 aromatic carbocycles. The van der Waals surface area contributed by atoms with Crippen LogP contribution in [0.3, 0.4) is 0 Å². The zero-order valence-electron chi connectivity index (χ0n) is 20.2. The Hall–Kier alpha value is -3.62. The third-order valence-corrected chi connectivity index (χ3v) is 10.5. The van der Waals surface area contributed by atoms with Gasteiger partial charge in [-0.2, -0.15) is 0 Å². The molecule has 1 aromatic heterocycles. The summed E-state index contributed by atoms with van der Waals surface area (Å²) in [5.74, 6) is 0. The lowest BCUT2D eigenvalue weighted by atomic mass is 10.1. The minimum atomic E-state index is -2.07. The van der Waals surface area contributed by atoms with E-state index >= 15 is 0 Å². The first-order valence-electron chi connectivity index (χ1n) is 12.0. The van der Waals surface area contributed by atoms with Crippen LogP contribution in [0.5, 0.6) is 0 Å². The molecule has 0 amide bonds. The van der Waals surface area contributed by atoms with E-state index in [1.807, 2.05) is 0 Å². The van der Waals surface area contributed by atoms with Crippen LogP contribution < -0.4 is 5.19 Å². The first-order chi connectivity index (χ1) is 16.6. The van der Waals surface area contributed by atoms with Gasteiger partial charge in [-0.15, -0.1) is 0 Å². The predicted molar refractivity (Wildman–Crippen MR) is 150 cm³/mol. The highest BCUT2D eigenvalue weighted by atomic mass is 28.3. The summed E-state index contributed by atoms with van der Waals surface area (Å²) < 4.78 is 2.37. The van der Waals surface area contributed by atoms with Crippen molar-refractivity contribution in [1.29, 1.82) is 0 Å². The second-order valence-corrected chi connectivity index (χ2v) is 13.8. The first kappa shape index (κ1) is 22.2. The Morgan fingerprint density at radius 2 is 1.35 bits per heavy atom. The molecule has 0 unspecified atom stereocenters. The van der Waals surface area contributed by atoms with E-state index < -0.39 is 8.07 Å². The molecular formula is C32H31NSi. The van der Waals surface area contributed by atoms with Crippen molar-refractivity contribution in [2.45, 2.75) is 26.4 Å². The number of fused-ring (bicyclic) bond motifs is 1. The third kappa shape index (κ3) is 4.17. The van der Waals surface area contributed by atoms with Crippen molar-refractivity contribution in [1.82, 2.24) is 4.57 Å². The molecule has 168 valence electrons. The zero-order chi connectivity index (χ0) is 23.5. The third-order valence-electron chi connectivity index (χ3n) is 6.91. The van der Waals surface area contributed by atoms with E-state index in [2.05, 4.69) is 146 Å². The molecule has 0 bridgehead atoms. The number of hydrogen-bond donors (Lipinski definition) is 0. The lowest BCUT2D eigenvalue weighted by molar-refractivity contribution is 1.13. The van der Waals surface area contributed by atoms with Crippen LogP contribution >= 0.6 is 0 Å². The maximum absolute atomic E-state index is 2.51. The van der Waals surface area contributed by atoms with Crippen LogP contribution in [0.1, 0.15) is 16.7 Å². The molecule has 0 aliphatic heterocycles. The molecular weight excluding hydrogens is 426 g/mol. The number of hydrogen-bond acceptors (Lipinski definition) is 0. The molecule has 5 rings (SSSR count). The Bertz CT molecular complexity index is 1440. The molecule has 0 atom stereocenters. The smallest absolute Gasteiger partial charge is 0.115 e. The zero-order valence-corrected chi connectivity index (χ0v) is 21.2. The molecule has 0 saturated heterocycles. The SMILES string of the molecule is Cc1ccccc1/C(=C\Cc1ccccc1)[Si](C)(C)c1cn(-c2ccccc2)c2ccccc12. The van der Waals surface area contributed by atoms with Gasteiger partial charge >= 0.3 is 0 Å². The van der Waals surface area contributed by atoms with Gasteiger partial charge in [-0.05, 0) is 58.8 Å². The van der Waals surface area contributed by atoms with Crippen LogP contribution in [-0.4, -0.2) is 12.6 Å². The Kier molecular flexibility index (Phi) is 6.08. The number of rotatable bonds is 6. The topological polar surface area (TPSA) is 4.93 Å². The van der Waals surface area contributed by atoms with Gasteiger partial charge < -0.3 is 4.57 Å². The number of nitrogens with zero attached hydrogens (tertiary/aromatic N) is 1. The van der Waals surface area contributed by atoms with E-state index in [0.717, 1.165) is 6.42 Å². The molecule has 0 fully saturated rings. The quantitative estimate of drug-likeness (QED) is 0.230. The van der Waals surface area contributed by atoms with E-state index in [0.29, 0.717) is 0 Å². The molecule has 0 spiro atoms. The highest BCUT2D eigenvalue weighted by molar-refractivity contribution is 7.05. The number of aryl methyl sites for hydroxylation is 1. The average molecular weight is 458 g/mol. The van der Waals surface area contributed by atoms with Crippen molar-refractivity contribution in [2.24, 2.45) is 0 Å². The molecule has 34 heavy (non-hydrogen) atoms. The number of para-hydroxylation sites is 2. The number of aromatic nitrogens is 1. The van der Waals surface area contributed by atoms with Crippen molar-refractivity contribution in [3.63, 3.8) is 0 Å². The fourth-order valence-corrected chi connectivity index (χ4v) is 8.23. The van der Waals surface area contributed by atoms with Crippen molar-refractivity contribution < 1.29 is 0 Å². The summed E-state index contributed by atoms with van der Waals surface area (Å²) in [5, 5.41) is 4.35. The van der Waals surface area contributed by atoms with Crippen LogP contribution in [0.15, 0.2) is 121 Å². The lowest BCUT2D eigenvalue weighted by Crippen LogP contribution is -2.43. The minimum Gasteiger partial charge on any atom is -0.317 e. The summed E-state index contributed by atoms with van der Waals surface area (Å²) in [5.41, 5.74) is 6.56. The summed E-state index contributed by atoms with van der Waals surface area (Å²) in [6.45, 7) is 7.25. The largest absolute Gasteiger partial charge is 0.317 e. The Labute approximate surface area is 204 Å². The second kappa shape index (κ2) is 9.32. The van der Waals surface area contributed by atoms with Gasteiger partial charge in [0.2, 0.25) is 0 Å². The summed E-state index contributed by atoms with van der Waals surface area (Å²) in [6, 6.07) is 39.2. The molecule has 1 nitrogen and oxygen atoms in total. The monoisotopic (exact) mass is 457 g/mol. The Morgan fingerprint density at radius 3 is 2.09 bits per heavy atom. The van der Waals surface area contributed by atoms with Gasteiger partial charge in [0.15, 0.2) is 0 Å². The van der Waals surface area contributed by atoms with Crippen LogP contribution in [0.25, 0.3) is 21.8 Å². The summed E-state index contributed by atoms with van der Waals surface area (Å²) >= 11 is 0. The molecule has 2 heteroatoms. The van der Waals surface area contributed by atoms with Gasteiger partial charge in [0.1, 0.15) is 8.07 Å². The van der Waals surface area contributed by atoms with E-state index in [9.17, 15) is 0 Å². The Balaban J connectivity index is 1.70. The molecule has 0 aliphatic rings. The minimum absolute atomic E-state index is 0.943. The van der Waals surface area contributed by atoms with Crippen molar-refractivity contribution in [3.8, 4) is 5.69 Å². The predicted octanol–water partition coefficient (Wildman–Crippen LogP) is 7.72. The van der Waals surface area contributed by atoms with Crippen molar-refractivity contribution in [2.75, 3.05) is 0 Å². The van der Waals surface area contributed by atoms with Gasteiger partial charge in [0.05, 0.1) is 5.52 Å². The maximum atomic E-state index is 2.51. The normalized spacial score (nSPS) is 12.3. The van der Waals surface area contributed by atoms with Crippen LogP contribution in [0, 0.1) is 6.92 Å². The van der Waals surface area contributed by atoms with Gasteiger partial charge in [-0.1, -0.05) is 115 Å². The van der Waals surface area contributed by atoms with Gasteiger partial charge in [-0.3, -0.25) is 0 Å². The fraction of sp³-hybridized carbons (Fsp3) is 0.125. The van der Waals surface area contributed by atoms with Crippen LogP contribution in [0.2, 0.25) is 13.1 Å². The summed E-state index contributed by atoms with van der Waals surface area (Å²) in [4.78, 5) is 0. The van der Waals surface area contributed by atoms with Crippen molar-refractivity contribution in [3.05, 3.63) is 138 Å². The van der Waals surface area contributed by atoms with E-state index in [4.69, 9.17) is 0 Å².